The lowest BCUT2D eigenvalue weighted by molar-refractivity contribution is 0.00940. The normalized spacial score (nSPS) is 17.9. The van der Waals surface area contributed by atoms with Crippen molar-refractivity contribution in [1.29, 1.82) is 0 Å². The maximum Gasteiger partial charge on any atom is 0.251 e. The number of carbonyl (C=O) groups is 1. The average Bonchev–Trinajstić information content (AvgIpc) is 2.61. The molecule has 22 heavy (non-hydrogen) atoms. The molecule has 1 atom stereocenters. The van der Waals surface area contributed by atoms with Crippen LogP contribution in [-0.4, -0.2) is 27.5 Å². The Hall–Kier alpha value is -2.34. The first-order chi connectivity index (χ1) is 10.8. The second-order valence-corrected chi connectivity index (χ2v) is 5.22. The molecule has 2 aromatic heterocycles. The summed E-state index contributed by atoms with van der Waals surface area (Å²) in [5.41, 5.74) is 1.45. The van der Waals surface area contributed by atoms with Gasteiger partial charge in [0.15, 0.2) is 5.82 Å². The van der Waals surface area contributed by atoms with Gasteiger partial charge in [-0.3, -0.25) is 9.78 Å². The molecular formula is C16H18N4O2. The van der Waals surface area contributed by atoms with Gasteiger partial charge in [-0.2, -0.15) is 0 Å². The molecule has 114 valence electrons. The number of aromatic nitrogens is 3. The fourth-order valence-corrected chi connectivity index (χ4v) is 2.35. The summed E-state index contributed by atoms with van der Waals surface area (Å²) in [6.07, 6.45) is 9.91. The average molecular weight is 298 g/mol. The SMILES string of the molecule is O=C(NCc1cnc(C2CCCCO2)nc1)c1ccncc1. The van der Waals surface area contributed by atoms with Crippen molar-refractivity contribution in [3.63, 3.8) is 0 Å². The molecule has 2 aromatic rings. The molecule has 1 aliphatic rings. The molecule has 0 spiro atoms. The number of nitrogens with zero attached hydrogens (tertiary/aromatic N) is 3. The molecule has 0 bridgehead atoms. The number of rotatable bonds is 4. The van der Waals surface area contributed by atoms with E-state index in [9.17, 15) is 4.79 Å². The molecule has 0 aliphatic carbocycles. The molecule has 6 nitrogen and oxygen atoms in total. The van der Waals surface area contributed by atoms with Gasteiger partial charge in [0.2, 0.25) is 0 Å². The smallest absolute Gasteiger partial charge is 0.251 e. The number of ether oxygens (including phenoxy) is 1. The summed E-state index contributed by atoms with van der Waals surface area (Å²) in [7, 11) is 0. The van der Waals surface area contributed by atoms with Crippen molar-refractivity contribution in [2.24, 2.45) is 0 Å². The maximum absolute atomic E-state index is 11.9. The Labute approximate surface area is 129 Å². The van der Waals surface area contributed by atoms with E-state index in [0.717, 1.165) is 37.3 Å². The second kappa shape index (κ2) is 7.09. The molecule has 3 heterocycles. The van der Waals surface area contributed by atoms with Gasteiger partial charge in [0.25, 0.3) is 5.91 Å². The maximum atomic E-state index is 11.9. The van der Waals surface area contributed by atoms with Crippen LogP contribution in [0.3, 0.4) is 0 Å². The number of nitrogens with one attached hydrogen (secondary N) is 1. The van der Waals surface area contributed by atoms with Crippen LogP contribution in [0.15, 0.2) is 36.9 Å². The fourth-order valence-electron chi connectivity index (χ4n) is 2.35. The van der Waals surface area contributed by atoms with Gasteiger partial charge in [-0.15, -0.1) is 0 Å². The van der Waals surface area contributed by atoms with Crippen molar-refractivity contribution in [3.8, 4) is 0 Å². The largest absolute Gasteiger partial charge is 0.370 e. The minimum absolute atomic E-state index is 0.00853. The van der Waals surface area contributed by atoms with E-state index in [0.29, 0.717) is 12.1 Å². The molecule has 3 rings (SSSR count). The first-order valence-corrected chi connectivity index (χ1v) is 7.43. The van der Waals surface area contributed by atoms with Crippen LogP contribution in [0, 0.1) is 0 Å². The number of carbonyl (C=O) groups excluding carboxylic acids is 1. The summed E-state index contributed by atoms with van der Waals surface area (Å²) in [5, 5.41) is 2.84. The number of pyridine rings is 1. The molecule has 1 amide bonds. The van der Waals surface area contributed by atoms with E-state index in [1.165, 1.54) is 0 Å². The molecule has 0 saturated carbocycles. The zero-order chi connectivity index (χ0) is 15.2. The Morgan fingerprint density at radius 1 is 1.23 bits per heavy atom. The van der Waals surface area contributed by atoms with Gasteiger partial charge in [0.1, 0.15) is 6.10 Å². The van der Waals surface area contributed by atoms with Crippen molar-refractivity contribution >= 4 is 5.91 Å². The van der Waals surface area contributed by atoms with E-state index in [1.807, 2.05) is 0 Å². The topological polar surface area (TPSA) is 77.0 Å². The molecule has 1 aliphatic heterocycles. The van der Waals surface area contributed by atoms with E-state index < -0.39 is 0 Å². The molecule has 0 aromatic carbocycles. The van der Waals surface area contributed by atoms with Gasteiger partial charge < -0.3 is 10.1 Å². The summed E-state index contributed by atoms with van der Waals surface area (Å²) in [6, 6.07) is 3.35. The Morgan fingerprint density at radius 2 is 2.00 bits per heavy atom. The monoisotopic (exact) mass is 298 g/mol. The van der Waals surface area contributed by atoms with Crippen molar-refractivity contribution in [1.82, 2.24) is 20.3 Å². The Morgan fingerprint density at radius 3 is 2.68 bits per heavy atom. The predicted octanol–water partition coefficient (Wildman–Crippen LogP) is 2.04. The minimum atomic E-state index is -0.137. The Kier molecular flexibility index (Phi) is 4.70. The number of amides is 1. The van der Waals surface area contributed by atoms with Crippen LogP contribution in [0.5, 0.6) is 0 Å². The van der Waals surface area contributed by atoms with Crippen LogP contribution in [0.25, 0.3) is 0 Å². The number of hydrogen-bond donors (Lipinski definition) is 1. The molecule has 1 unspecified atom stereocenters. The van der Waals surface area contributed by atoms with Crippen LogP contribution in [0.2, 0.25) is 0 Å². The summed E-state index contributed by atoms with van der Waals surface area (Å²) >= 11 is 0. The van der Waals surface area contributed by atoms with Gasteiger partial charge in [0, 0.05) is 49.1 Å². The first-order valence-electron chi connectivity index (χ1n) is 7.43. The first kappa shape index (κ1) is 14.6. The highest BCUT2D eigenvalue weighted by Gasteiger charge is 2.18. The molecule has 1 N–H and O–H groups in total. The summed E-state index contributed by atoms with van der Waals surface area (Å²) in [4.78, 5) is 24.5. The fraction of sp³-hybridized carbons (Fsp3) is 0.375. The zero-order valence-electron chi connectivity index (χ0n) is 12.2. The standard InChI is InChI=1S/C16H18N4O2/c21-16(13-4-6-17-7-5-13)20-11-12-9-18-15(19-10-12)14-3-1-2-8-22-14/h4-7,9-10,14H,1-3,8,11H2,(H,20,21). The van der Waals surface area contributed by atoms with Crippen LogP contribution in [0.1, 0.15) is 47.1 Å². The number of hydrogen-bond acceptors (Lipinski definition) is 5. The summed E-state index contributed by atoms with van der Waals surface area (Å²) in [5.74, 6) is 0.589. The van der Waals surface area contributed by atoms with E-state index >= 15 is 0 Å². The van der Waals surface area contributed by atoms with Crippen LogP contribution in [-0.2, 0) is 11.3 Å². The van der Waals surface area contributed by atoms with Crippen LogP contribution >= 0.6 is 0 Å². The Bertz CT molecular complexity index is 610. The predicted molar refractivity (Wildman–Crippen MR) is 80.0 cm³/mol. The third-order valence-electron chi connectivity index (χ3n) is 3.59. The van der Waals surface area contributed by atoms with Crippen LogP contribution in [0.4, 0.5) is 0 Å². The van der Waals surface area contributed by atoms with Crippen molar-refractivity contribution < 1.29 is 9.53 Å². The highest BCUT2D eigenvalue weighted by Crippen LogP contribution is 2.24. The third kappa shape index (κ3) is 3.65. The molecular weight excluding hydrogens is 280 g/mol. The van der Waals surface area contributed by atoms with Crippen LogP contribution < -0.4 is 5.32 Å². The highest BCUT2D eigenvalue weighted by molar-refractivity contribution is 5.93. The molecule has 6 heteroatoms. The zero-order valence-corrected chi connectivity index (χ0v) is 12.2. The second-order valence-electron chi connectivity index (χ2n) is 5.22. The molecule has 1 fully saturated rings. The van der Waals surface area contributed by atoms with E-state index in [2.05, 4.69) is 20.3 Å². The summed E-state index contributed by atoms with van der Waals surface area (Å²) < 4.78 is 5.66. The summed E-state index contributed by atoms with van der Waals surface area (Å²) in [6.45, 7) is 1.17. The minimum Gasteiger partial charge on any atom is -0.370 e. The lowest BCUT2D eigenvalue weighted by atomic mass is 10.1. The van der Waals surface area contributed by atoms with E-state index in [1.54, 1.807) is 36.9 Å². The third-order valence-corrected chi connectivity index (χ3v) is 3.59. The molecule has 1 saturated heterocycles. The van der Waals surface area contributed by atoms with Gasteiger partial charge in [0.05, 0.1) is 0 Å². The quantitative estimate of drug-likeness (QED) is 0.934. The lowest BCUT2D eigenvalue weighted by Gasteiger charge is -2.21. The van der Waals surface area contributed by atoms with E-state index in [4.69, 9.17) is 4.74 Å². The highest BCUT2D eigenvalue weighted by atomic mass is 16.5. The van der Waals surface area contributed by atoms with Crippen molar-refractivity contribution in [2.75, 3.05) is 6.61 Å². The van der Waals surface area contributed by atoms with Crippen molar-refractivity contribution in [3.05, 3.63) is 53.9 Å². The Balaban J connectivity index is 1.56. The van der Waals surface area contributed by atoms with Crippen molar-refractivity contribution in [2.45, 2.75) is 31.9 Å². The van der Waals surface area contributed by atoms with Gasteiger partial charge >= 0.3 is 0 Å². The molecule has 0 radical (unpaired) electrons. The van der Waals surface area contributed by atoms with Gasteiger partial charge in [-0.25, -0.2) is 9.97 Å². The lowest BCUT2D eigenvalue weighted by Crippen LogP contribution is -2.23. The van der Waals surface area contributed by atoms with Gasteiger partial charge in [-0.05, 0) is 31.4 Å². The van der Waals surface area contributed by atoms with E-state index in [-0.39, 0.29) is 12.0 Å². The van der Waals surface area contributed by atoms with Gasteiger partial charge in [-0.1, -0.05) is 0 Å².